The van der Waals surface area contributed by atoms with Crippen LogP contribution in [0.5, 0.6) is 0 Å². The molecule has 0 N–H and O–H groups in total. The second-order valence-electron chi connectivity index (χ2n) is 5.00. The van der Waals surface area contributed by atoms with Gasteiger partial charge in [-0.25, -0.2) is 0 Å². The number of carbonyl (C=O) groups is 2. The molecule has 5 nitrogen and oxygen atoms in total. The number of pyridine rings is 1. The summed E-state index contributed by atoms with van der Waals surface area (Å²) in [6.45, 7) is 3.04. The first kappa shape index (κ1) is 16.3. The Bertz CT molecular complexity index is 575. The van der Waals surface area contributed by atoms with Crippen LogP contribution in [0.3, 0.4) is 0 Å². The van der Waals surface area contributed by atoms with Crippen LogP contribution >= 0.6 is 0 Å². The average Bonchev–Trinajstić information content (AvgIpc) is 2.46. The number of amides is 2. The zero-order chi connectivity index (χ0) is 16.3. The third-order valence-electron chi connectivity index (χ3n) is 3.60. The van der Waals surface area contributed by atoms with Gasteiger partial charge in [-0.05, 0) is 18.6 Å². The smallest absolute Gasteiger partial charge is 0.340 e. The van der Waals surface area contributed by atoms with E-state index in [0.717, 1.165) is 18.5 Å². The summed E-state index contributed by atoms with van der Waals surface area (Å²) in [5.41, 5.74) is -1.04. The van der Waals surface area contributed by atoms with E-state index in [-0.39, 0.29) is 18.0 Å². The lowest BCUT2D eigenvalue weighted by Crippen LogP contribution is -2.52. The summed E-state index contributed by atoms with van der Waals surface area (Å²) < 4.78 is 38.7. The van der Waals surface area contributed by atoms with Gasteiger partial charge in [0.15, 0.2) is 0 Å². The summed E-state index contributed by atoms with van der Waals surface area (Å²) in [6, 6.07) is 0.850. The lowest BCUT2D eigenvalue weighted by atomic mass is 10.1. The summed E-state index contributed by atoms with van der Waals surface area (Å²) in [5.74, 6) is -0.688. The molecule has 1 fully saturated rings. The van der Waals surface area contributed by atoms with Crippen molar-refractivity contribution in [2.45, 2.75) is 19.5 Å². The third kappa shape index (κ3) is 3.55. The van der Waals surface area contributed by atoms with E-state index >= 15 is 0 Å². The molecule has 1 aliphatic heterocycles. The molecule has 0 bridgehead atoms. The predicted molar refractivity (Wildman–Crippen MR) is 71.8 cm³/mol. The van der Waals surface area contributed by atoms with Crippen molar-refractivity contribution in [3.63, 3.8) is 0 Å². The van der Waals surface area contributed by atoms with E-state index < -0.39 is 24.1 Å². The molecule has 0 unspecified atom stereocenters. The van der Waals surface area contributed by atoms with Gasteiger partial charge < -0.3 is 9.80 Å². The Kier molecular flexibility index (Phi) is 4.68. The normalized spacial score (nSPS) is 16.1. The van der Waals surface area contributed by atoms with E-state index in [1.54, 1.807) is 4.90 Å². The summed E-state index contributed by atoms with van der Waals surface area (Å²) in [5, 5.41) is 0. The van der Waals surface area contributed by atoms with Gasteiger partial charge in [0.05, 0.1) is 18.5 Å². The Labute approximate surface area is 125 Å². The van der Waals surface area contributed by atoms with Gasteiger partial charge >= 0.3 is 6.18 Å². The molecule has 0 atom stereocenters. The first-order valence-corrected chi connectivity index (χ1v) is 6.88. The quantitative estimate of drug-likeness (QED) is 0.846. The fourth-order valence-electron chi connectivity index (χ4n) is 2.38. The van der Waals surface area contributed by atoms with Gasteiger partial charge in [0, 0.05) is 32.0 Å². The van der Waals surface area contributed by atoms with Gasteiger partial charge in [-0.1, -0.05) is 0 Å². The molecular weight excluding hydrogens is 299 g/mol. The molecule has 1 aromatic rings. The van der Waals surface area contributed by atoms with Crippen LogP contribution in [0.1, 0.15) is 18.1 Å². The Hall–Kier alpha value is -2.12. The average molecular weight is 315 g/mol. The number of carbonyl (C=O) groups excluding carboxylic acids is 2. The minimum absolute atomic E-state index is 0.0890. The number of hydrogen-bond donors (Lipinski definition) is 0. The van der Waals surface area contributed by atoms with Crippen LogP contribution in [0.2, 0.25) is 0 Å². The lowest BCUT2D eigenvalue weighted by Gasteiger charge is -2.33. The molecule has 1 saturated heterocycles. The summed E-state index contributed by atoms with van der Waals surface area (Å²) in [4.78, 5) is 30.5. The highest BCUT2D eigenvalue weighted by atomic mass is 19.4. The molecule has 0 saturated carbocycles. The van der Waals surface area contributed by atoms with E-state index in [4.69, 9.17) is 0 Å². The van der Waals surface area contributed by atoms with E-state index in [9.17, 15) is 22.8 Å². The van der Waals surface area contributed by atoms with Gasteiger partial charge in [0.25, 0.3) is 0 Å². The van der Waals surface area contributed by atoms with Crippen molar-refractivity contribution in [1.82, 2.24) is 14.8 Å². The zero-order valence-corrected chi connectivity index (χ0v) is 12.1. The predicted octanol–water partition coefficient (Wildman–Crippen LogP) is 1.33. The van der Waals surface area contributed by atoms with Crippen LogP contribution in [-0.4, -0.2) is 52.8 Å². The van der Waals surface area contributed by atoms with Crippen LogP contribution in [0.15, 0.2) is 18.5 Å². The third-order valence-corrected chi connectivity index (χ3v) is 3.60. The van der Waals surface area contributed by atoms with Gasteiger partial charge in [0.1, 0.15) is 0 Å². The van der Waals surface area contributed by atoms with Crippen LogP contribution in [-0.2, 0) is 22.2 Å². The van der Waals surface area contributed by atoms with Crippen LogP contribution in [0.4, 0.5) is 13.2 Å². The molecule has 120 valence electrons. The van der Waals surface area contributed by atoms with Crippen molar-refractivity contribution in [3.05, 3.63) is 29.6 Å². The number of aromatic nitrogens is 1. The fourth-order valence-corrected chi connectivity index (χ4v) is 2.38. The van der Waals surface area contributed by atoms with Crippen molar-refractivity contribution in [3.8, 4) is 0 Å². The van der Waals surface area contributed by atoms with Crippen molar-refractivity contribution >= 4 is 11.8 Å². The molecule has 0 radical (unpaired) electrons. The Morgan fingerprint density at radius 1 is 1.36 bits per heavy atom. The second-order valence-corrected chi connectivity index (χ2v) is 5.00. The SMILES string of the molecule is CCN1CCN(C(=O)Cc2cnccc2C(F)(F)F)CC1=O. The largest absolute Gasteiger partial charge is 0.416 e. The first-order valence-electron chi connectivity index (χ1n) is 6.88. The number of rotatable bonds is 3. The van der Waals surface area contributed by atoms with Crippen LogP contribution in [0.25, 0.3) is 0 Å². The Morgan fingerprint density at radius 2 is 2.09 bits per heavy atom. The molecule has 2 amide bonds. The maximum atomic E-state index is 12.9. The first-order chi connectivity index (χ1) is 10.3. The van der Waals surface area contributed by atoms with E-state index in [0.29, 0.717) is 19.6 Å². The van der Waals surface area contributed by atoms with Gasteiger partial charge in [-0.15, -0.1) is 0 Å². The van der Waals surface area contributed by atoms with Crippen molar-refractivity contribution in [2.75, 3.05) is 26.2 Å². The molecule has 2 heterocycles. The van der Waals surface area contributed by atoms with Crippen LogP contribution < -0.4 is 0 Å². The number of alkyl halides is 3. The minimum Gasteiger partial charge on any atom is -0.340 e. The molecule has 1 aromatic heterocycles. The molecule has 0 aromatic carbocycles. The van der Waals surface area contributed by atoms with E-state index in [1.165, 1.54) is 4.90 Å². The van der Waals surface area contributed by atoms with Gasteiger partial charge in [0.2, 0.25) is 11.8 Å². The maximum absolute atomic E-state index is 12.9. The maximum Gasteiger partial charge on any atom is 0.416 e. The highest BCUT2D eigenvalue weighted by Crippen LogP contribution is 2.31. The van der Waals surface area contributed by atoms with Gasteiger partial charge in [-0.3, -0.25) is 14.6 Å². The topological polar surface area (TPSA) is 53.5 Å². The molecule has 0 aliphatic carbocycles. The Balaban J connectivity index is 2.09. The molecule has 22 heavy (non-hydrogen) atoms. The lowest BCUT2D eigenvalue weighted by molar-refractivity contribution is -0.145. The van der Waals surface area contributed by atoms with Crippen molar-refractivity contribution in [2.24, 2.45) is 0 Å². The van der Waals surface area contributed by atoms with E-state index in [1.807, 2.05) is 6.92 Å². The highest BCUT2D eigenvalue weighted by molar-refractivity contribution is 5.87. The summed E-state index contributed by atoms with van der Waals surface area (Å²) >= 11 is 0. The second kappa shape index (κ2) is 6.33. The summed E-state index contributed by atoms with van der Waals surface area (Å²) in [6.07, 6.45) is -2.86. The summed E-state index contributed by atoms with van der Waals surface area (Å²) in [7, 11) is 0. The number of halogens is 3. The number of piperazine rings is 1. The molecule has 0 spiro atoms. The number of hydrogen-bond acceptors (Lipinski definition) is 3. The highest BCUT2D eigenvalue weighted by Gasteiger charge is 2.34. The minimum atomic E-state index is -4.53. The molecule has 8 heteroatoms. The standard InChI is InChI=1S/C14H16F3N3O2/c1-2-19-5-6-20(9-13(19)22)12(21)7-10-8-18-4-3-11(10)14(15,16)17/h3-4,8H,2,5-7,9H2,1H3. The molecule has 2 rings (SSSR count). The van der Waals surface area contributed by atoms with Crippen molar-refractivity contribution in [1.29, 1.82) is 0 Å². The Morgan fingerprint density at radius 3 is 2.68 bits per heavy atom. The number of likely N-dealkylation sites (N-methyl/N-ethyl adjacent to an activating group) is 1. The zero-order valence-electron chi connectivity index (χ0n) is 12.1. The van der Waals surface area contributed by atoms with E-state index in [2.05, 4.69) is 4.98 Å². The van der Waals surface area contributed by atoms with Crippen LogP contribution in [0, 0.1) is 0 Å². The fraction of sp³-hybridized carbons (Fsp3) is 0.500. The van der Waals surface area contributed by atoms with Crippen molar-refractivity contribution < 1.29 is 22.8 Å². The number of nitrogens with zero attached hydrogens (tertiary/aromatic N) is 3. The van der Waals surface area contributed by atoms with Gasteiger partial charge in [-0.2, -0.15) is 13.2 Å². The molecule has 1 aliphatic rings. The monoisotopic (exact) mass is 315 g/mol. The molecular formula is C14H16F3N3O2.